The van der Waals surface area contributed by atoms with Gasteiger partial charge in [0.15, 0.2) is 0 Å². The first kappa shape index (κ1) is 19.8. The quantitative estimate of drug-likeness (QED) is 0.605. The Morgan fingerprint density at radius 2 is 2.10 bits per heavy atom. The molecule has 3 heterocycles. The molecule has 2 aromatic heterocycles. The molecule has 1 unspecified atom stereocenters. The van der Waals surface area contributed by atoms with Crippen LogP contribution in [-0.2, 0) is 22.6 Å². The van der Waals surface area contributed by atoms with Gasteiger partial charge in [-0.1, -0.05) is 18.2 Å². The number of likely N-dealkylation sites (tertiary alicyclic amines) is 1. The van der Waals surface area contributed by atoms with Crippen LogP contribution < -0.4 is 11.1 Å². The van der Waals surface area contributed by atoms with Crippen LogP contribution in [0.4, 0.5) is 5.69 Å². The van der Waals surface area contributed by atoms with Gasteiger partial charge in [0.2, 0.25) is 11.8 Å². The summed E-state index contributed by atoms with van der Waals surface area (Å²) in [4.78, 5) is 30.9. The Balaban J connectivity index is 1.42. The Hall–Kier alpha value is -2.55. The molecule has 0 radical (unpaired) electrons. The minimum atomic E-state index is -0.283. The van der Waals surface area contributed by atoms with Crippen LogP contribution in [0.2, 0.25) is 0 Å². The zero-order valence-electron chi connectivity index (χ0n) is 15.8. The Kier molecular flexibility index (Phi) is 6.03. The summed E-state index contributed by atoms with van der Waals surface area (Å²) in [7, 11) is 0. The number of carbonyl (C=O) groups excluding carboxylic acids is 2. The number of anilines is 1. The number of nitrogens with zero attached hydrogens (tertiary/aromatic N) is 2. The van der Waals surface area contributed by atoms with E-state index in [1.807, 2.05) is 41.1 Å². The zero-order chi connectivity index (χ0) is 20.2. The maximum atomic E-state index is 12.6. The molecule has 4 rings (SSSR count). The maximum Gasteiger partial charge on any atom is 0.234 e. The van der Waals surface area contributed by atoms with Crippen LogP contribution in [-0.4, -0.2) is 34.3 Å². The Morgan fingerprint density at radius 3 is 2.90 bits per heavy atom. The van der Waals surface area contributed by atoms with Gasteiger partial charge in [-0.25, -0.2) is 4.98 Å². The molecule has 1 fully saturated rings. The first-order valence-corrected chi connectivity index (χ1v) is 11.3. The molecular formula is C21H22N4O2S2. The molecule has 150 valence electrons. The van der Waals surface area contributed by atoms with E-state index in [2.05, 4.69) is 20.6 Å². The number of hydrogen-bond donors (Lipinski definition) is 2. The maximum absolute atomic E-state index is 12.6. The van der Waals surface area contributed by atoms with Crippen molar-refractivity contribution in [2.45, 2.75) is 31.8 Å². The third-order valence-electron chi connectivity index (χ3n) is 5.02. The van der Waals surface area contributed by atoms with Gasteiger partial charge in [0, 0.05) is 28.6 Å². The molecule has 1 atom stereocenters. The Bertz CT molecular complexity index is 1000. The van der Waals surface area contributed by atoms with Crippen molar-refractivity contribution in [1.29, 1.82) is 0 Å². The highest BCUT2D eigenvalue weighted by Gasteiger charge is 2.29. The highest BCUT2D eigenvalue weighted by Crippen LogP contribution is 2.27. The lowest BCUT2D eigenvalue weighted by molar-refractivity contribution is -0.122. The van der Waals surface area contributed by atoms with E-state index in [-0.39, 0.29) is 24.3 Å². The van der Waals surface area contributed by atoms with E-state index in [1.165, 1.54) is 0 Å². The largest absolute Gasteiger partial charge is 0.368 e. The van der Waals surface area contributed by atoms with Gasteiger partial charge in [-0.05, 0) is 42.5 Å². The molecule has 1 aliphatic rings. The van der Waals surface area contributed by atoms with Crippen molar-refractivity contribution in [3.63, 3.8) is 0 Å². The van der Waals surface area contributed by atoms with Crippen molar-refractivity contribution < 1.29 is 9.59 Å². The van der Waals surface area contributed by atoms with Crippen LogP contribution in [0.25, 0.3) is 10.6 Å². The standard InChI is InChI=1S/C21H22N4O2S2/c22-20(27)18-6-3-8-25(18)11-14-4-1-2-5-17(14)24-19(26)10-16-13-29-21(23-16)15-7-9-28-12-15/h1-2,4-5,7,9,12-13,18H,3,6,8,10-11H2,(H2,22,27)(H,24,26). The molecule has 6 nitrogen and oxygen atoms in total. The van der Waals surface area contributed by atoms with Crippen molar-refractivity contribution in [2.75, 3.05) is 11.9 Å². The number of carbonyl (C=O) groups is 2. The number of benzene rings is 1. The molecule has 0 bridgehead atoms. The van der Waals surface area contributed by atoms with Crippen LogP contribution in [0.3, 0.4) is 0 Å². The molecule has 0 aliphatic carbocycles. The van der Waals surface area contributed by atoms with E-state index in [0.29, 0.717) is 6.54 Å². The number of amides is 2. The fourth-order valence-corrected chi connectivity index (χ4v) is 5.13. The van der Waals surface area contributed by atoms with Crippen molar-refractivity contribution >= 4 is 40.2 Å². The Labute approximate surface area is 177 Å². The topological polar surface area (TPSA) is 88.3 Å². The van der Waals surface area contributed by atoms with Crippen LogP contribution in [0, 0.1) is 0 Å². The fraction of sp³-hybridized carbons (Fsp3) is 0.286. The van der Waals surface area contributed by atoms with Gasteiger partial charge in [-0.2, -0.15) is 11.3 Å². The highest BCUT2D eigenvalue weighted by atomic mass is 32.1. The number of primary amides is 1. The SMILES string of the molecule is NC(=O)C1CCCN1Cc1ccccc1NC(=O)Cc1csc(-c2ccsc2)n1. The van der Waals surface area contributed by atoms with E-state index >= 15 is 0 Å². The van der Waals surface area contributed by atoms with Crippen molar-refractivity contribution in [3.05, 3.63) is 57.7 Å². The fourth-order valence-electron chi connectivity index (χ4n) is 3.60. The summed E-state index contributed by atoms with van der Waals surface area (Å²) in [6, 6.07) is 9.50. The second kappa shape index (κ2) is 8.86. The molecule has 0 spiro atoms. The predicted octanol–water partition coefficient (Wildman–Crippen LogP) is 3.50. The second-order valence-electron chi connectivity index (χ2n) is 7.07. The highest BCUT2D eigenvalue weighted by molar-refractivity contribution is 7.14. The summed E-state index contributed by atoms with van der Waals surface area (Å²) >= 11 is 3.18. The van der Waals surface area contributed by atoms with Crippen LogP contribution >= 0.6 is 22.7 Å². The lowest BCUT2D eigenvalue weighted by atomic mass is 10.1. The zero-order valence-corrected chi connectivity index (χ0v) is 17.5. The van der Waals surface area contributed by atoms with Gasteiger partial charge < -0.3 is 11.1 Å². The number of rotatable bonds is 7. The Morgan fingerprint density at radius 1 is 1.24 bits per heavy atom. The smallest absolute Gasteiger partial charge is 0.234 e. The molecule has 8 heteroatoms. The van der Waals surface area contributed by atoms with Gasteiger partial charge >= 0.3 is 0 Å². The molecule has 2 amide bonds. The molecule has 1 aliphatic heterocycles. The first-order valence-electron chi connectivity index (χ1n) is 9.48. The third-order valence-corrected chi connectivity index (χ3v) is 6.64. The van der Waals surface area contributed by atoms with Gasteiger partial charge in [0.1, 0.15) is 5.01 Å². The average Bonchev–Trinajstić information content (AvgIpc) is 3.44. The summed E-state index contributed by atoms with van der Waals surface area (Å²) in [5, 5.41) is 9.94. The number of hydrogen-bond acceptors (Lipinski definition) is 6. The number of aromatic nitrogens is 1. The molecule has 29 heavy (non-hydrogen) atoms. The van der Waals surface area contributed by atoms with E-state index in [0.717, 1.165) is 46.9 Å². The van der Waals surface area contributed by atoms with E-state index in [4.69, 9.17) is 5.73 Å². The summed E-state index contributed by atoms with van der Waals surface area (Å²) in [6.45, 7) is 1.42. The first-order chi connectivity index (χ1) is 14.1. The monoisotopic (exact) mass is 426 g/mol. The number of thiazole rings is 1. The summed E-state index contributed by atoms with van der Waals surface area (Å²) in [5.74, 6) is -0.388. The summed E-state index contributed by atoms with van der Waals surface area (Å²) in [6.07, 6.45) is 1.97. The second-order valence-corrected chi connectivity index (χ2v) is 8.71. The normalized spacial score (nSPS) is 16.8. The summed E-state index contributed by atoms with van der Waals surface area (Å²) < 4.78 is 0. The van der Waals surface area contributed by atoms with Gasteiger partial charge in [-0.15, -0.1) is 11.3 Å². The summed E-state index contributed by atoms with van der Waals surface area (Å²) in [5.41, 5.74) is 9.12. The molecule has 0 saturated carbocycles. The van der Waals surface area contributed by atoms with E-state index < -0.39 is 0 Å². The third kappa shape index (κ3) is 4.72. The van der Waals surface area contributed by atoms with Gasteiger partial charge in [-0.3, -0.25) is 14.5 Å². The number of nitrogens with one attached hydrogen (secondary N) is 1. The van der Waals surface area contributed by atoms with Gasteiger partial charge in [0.25, 0.3) is 0 Å². The number of thiophene rings is 1. The molecular weight excluding hydrogens is 404 g/mol. The number of nitrogens with two attached hydrogens (primary N) is 1. The minimum Gasteiger partial charge on any atom is -0.368 e. The number of para-hydroxylation sites is 1. The van der Waals surface area contributed by atoms with Crippen LogP contribution in [0.1, 0.15) is 24.1 Å². The van der Waals surface area contributed by atoms with Crippen LogP contribution in [0.15, 0.2) is 46.5 Å². The molecule has 1 saturated heterocycles. The lowest BCUT2D eigenvalue weighted by Gasteiger charge is -2.23. The van der Waals surface area contributed by atoms with E-state index in [1.54, 1.807) is 22.7 Å². The minimum absolute atomic E-state index is 0.104. The van der Waals surface area contributed by atoms with Crippen molar-refractivity contribution in [1.82, 2.24) is 9.88 Å². The van der Waals surface area contributed by atoms with Gasteiger partial charge in [0.05, 0.1) is 18.2 Å². The molecule has 1 aromatic carbocycles. The van der Waals surface area contributed by atoms with E-state index in [9.17, 15) is 9.59 Å². The lowest BCUT2D eigenvalue weighted by Crippen LogP contribution is -2.39. The molecule has 3 aromatic rings. The van der Waals surface area contributed by atoms with Crippen molar-refractivity contribution in [2.24, 2.45) is 5.73 Å². The predicted molar refractivity (Wildman–Crippen MR) is 117 cm³/mol. The molecule has 3 N–H and O–H groups in total. The average molecular weight is 427 g/mol. The van der Waals surface area contributed by atoms with Crippen LogP contribution in [0.5, 0.6) is 0 Å². The van der Waals surface area contributed by atoms with Crippen molar-refractivity contribution in [3.8, 4) is 10.6 Å².